The third kappa shape index (κ3) is 2.62. The molecule has 2 rings (SSSR count). The van der Waals surface area contributed by atoms with Crippen LogP contribution in [0.5, 0.6) is 11.5 Å². The van der Waals surface area contributed by atoms with Gasteiger partial charge in [0.15, 0.2) is 0 Å². The van der Waals surface area contributed by atoms with E-state index in [1.165, 1.54) is 0 Å². The van der Waals surface area contributed by atoms with Crippen molar-refractivity contribution in [1.82, 2.24) is 0 Å². The number of ether oxygens (including phenoxy) is 1. The largest absolute Gasteiger partial charge is 0.457 e. The van der Waals surface area contributed by atoms with E-state index in [-0.39, 0.29) is 0 Å². The number of benzene rings is 2. The van der Waals surface area contributed by atoms with Crippen molar-refractivity contribution in [2.45, 2.75) is 0 Å². The van der Waals surface area contributed by atoms with Crippen molar-refractivity contribution in [2.75, 3.05) is 0 Å². The summed E-state index contributed by atoms with van der Waals surface area (Å²) in [5.41, 5.74) is 0.620. The first-order valence-electron chi connectivity index (χ1n) is 4.63. The quantitative estimate of drug-likeness (QED) is 0.831. The Balaban J connectivity index is 2.15. The molecule has 2 aromatic carbocycles. The van der Waals surface area contributed by atoms with Crippen molar-refractivity contribution < 1.29 is 4.74 Å². The molecule has 0 aliphatic rings. The zero-order valence-corrected chi connectivity index (χ0v) is 9.86. The highest BCUT2D eigenvalue weighted by Gasteiger charge is 1.97. The molecule has 0 spiro atoms. The van der Waals surface area contributed by atoms with Crippen LogP contribution in [0, 0.1) is 17.4 Å². The third-order valence-corrected chi connectivity index (χ3v) is 2.46. The van der Waals surface area contributed by atoms with E-state index in [9.17, 15) is 0 Å². The molecule has 0 aliphatic heterocycles. The first-order valence-corrected chi connectivity index (χ1v) is 5.42. The Bertz CT molecular complexity index is 511. The van der Waals surface area contributed by atoms with Crippen molar-refractivity contribution in [3.63, 3.8) is 0 Å². The monoisotopic (exact) mass is 272 g/mol. The van der Waals surface area contributed by atoms with Crippen molar-refractivity contribution in [2.24, 2.45) is 0 Å². The van der Waals surface area contributed by atoms with Gasteiger partial charge >= 0.3 is 0 Å². The summed E-state index contributed by atoms with van der Waals surface area (Å²) in [6.45, 7) is 0. The molecular weight excluding hydrogens is 266 g/mol. The van der Waals surface area contributed by atoms with Crippen LogP contribution in [0.1, 0.15) is 5.56 Å². The molecule has 0 aromatic heterocycles. The zero-order valence-electron chi connectivity index (χ0n) is 8.27. The van der Waals surface area contributed by atoms with Gasteiger partial charge in [0, 0.05) is 10.5 Å². The molecule has 3 heteroatoms. The van der Waals surface area contributed by atoms with Gasteiger partial charge in [0.25, 0.3) is 0 Å². The van der Waals surface area contributed by atoms with Crippen LogP contribution in [0.25, 0.3) is 0 Å². The summed E-state index contributed by atoms with van der Waals surface area (Å²) in [5.74, 6) is 1.42. The SMILES string of the molecule is N#Cc1ccc(Oc2c[c]c(Br)cc2)cc1. The number of hydrogen-bond acceptors (Lipinski definition) is 2. The summed E-state index contributed by atoms with van der Waals surface area (Å²) < 4.78 is 6.46. The fourth-order valence-corrected chi connectivity index (χ4v) is 1.44. The van der Waals surface area contributed by atoms with Gasteiger partial charge in [-0.05, 0) is 42.5 Å². The lowest BCUT2D eigenvalue weighted by Crippen LogP contribution is -1.84. The van der Waals surface area contributed by atoms with Gasteiger partial charge in [-0.25, -0.2) is 0 Å². The van der Waals surface area contributed by atoms with Gasteiger partial charge in [-0.3, -0.25) is 0 Å². The Labute approximate surface area is 102 Å². The van der Waals surface area contributed by atoms with Crippen molar-refractivity contribution >= 4 is 15.9 Å². The lowest BCUT2D eigenvalue weighted by Gasteiger charge is -2.04. The molecule has 0 N–H and O–H groups in total. The van der Waals surface area contributed by atoms with Gasteiger partial charge in [0.1, 0.15) is 11.5 Å². The van der Waals surface area contributed by atoms with Gasteiger partial charge < -0.3 is 4.74 Å². The number of hydrogen-bond donors (Lipinski definition) is 0. The van der Waals surface area contributed by atoms with Crippen LogP contribution >= 0.6 is 15.9 Å². The molecule has 0 saturated heterocycles. The Morgan fingerprint density at radius 2 is 1.75 bits per heavy atom. The third-order valence-electron chi connectivity index (χ3n) is 1.97. The lowest BCUT2D eigenvalue weighted by atomic mass is 10.2. The minimum atomic E-state index is 0.620. The number of rotatable bonds is 2. The normalized spacial score (nSPS) is 9.50. The molecule has 2 aromatic rings. The maximum absolute atomic E-state index is 8.65. The van der Waals surface area contributed by atoms with Gasteiger partial charge in [-0.2, -0.15) is 5.26 Å². The molecule has 16 heavy (non-hydrogen) atoms. The molecule has 0 fully saturated rings. The number of halogens is 1. The van der Waals surface area contributed by atoms with E-state index in [0.717, 1.165) is 4.47 Å². The van der Waals surface area contributed by atoms with Crippen LogP contribution in [0.4, 0.5) is 0 Å². The predicted molar refractivity (Wildman–Crippen MR) is 64.2 cm³/mol. The Kier molecular flexibility index (Phi) is 3.23. The van der Waals surface area contributed by atoms with Crippen molar-refractivity contribution in [1.29, 1.82) is 5.26 Å². The van der Waals surface area contributed by atoms with Crippen LogP contribution in [0.2, 0.25) is 0 Å². The molecule has 0 bridgehead atoms. The van der Waals surface area contributed by atoms with E-state index in [0.29, 0.717) is 17.1 Å². The second-order valence-electron chi connectivity index (χ2n) is 3.11. The average molecular weight is 273 g/mol. The highest BCUT2D eigenvalue weighted by molar-refractivity contribution is 9.10. The number of nitrogens with zero attached hydrogens (tertiary/aromatic N) is 1. The van der Waals surface area contributed by atoms with E-state index in [4.69, 9.17) is 10.00 Å². The smallest absolute Gasteiger partial charge is 0.128 e. The standard InChI is InChI=1S/C13H7BrNO/c14-11-3-7-13(8-4-11)16-12-5-1-10(9-15)2-6-12/h1-3,5-8H. The van der Waals surface area contributed by atoms with Crippen LogP contribution in [0.3, 0.4) is 0 Å². The second-order valence-corrected chi connectivity index (χ2v) is 3.96. The Morgan fingerprint density at radius 1 is 1.06 bits per heavy atom. The van der Waals surface area contributed by atoms with E-state index in [2.05, 4.69) is 28.1 Å². The highest BCUT2D eigenvalue weighted by atomic mass is 79.9. The van der Waals surface area contributed by atoms with E-state index in [1.807, 2.05) is 12.1 Å². The first kappa shape index (κ1) is 10.7. The maximum Gasteiger partial charge on any atom is 0.128 e. The molecule has 2 nitrogen and oxygen atoms in total. The molecule has 0 saturated carbocycles. The minimum Gasteiger partial charge on any atom is -0.457 e. The van der Waals surface area contributed by atoms with Gasteiger partial charge in [0.05, 0.1) is 11.6 Å². The Hall–Kier alpha value is -1.79. The van der Waals surface area contributed by atoms with Crippen molar-refractivity contribution in [3.05, 3.63) is 58.6 Å². The van der Waals surface area contributed by atoms with E-state index >= 15 is 0 Å². The molecule has 1 radical (unpaired) electrons. The van der Waals surface area contributed by atoms with Crippen LogP contribution < -0.4 is 4.74 Å². The minimum absolute atomic E-state index is 0.620. The van der Waals surface area contributed by atoms with Gasteiger partial charge in [-0.1, -0.05) is 15.9 Å². The fourth-order valence-electron chi connectivity index (χ4n) is 1.19. The second kappa shape index (κ2) is 4.82. The van der Waals surface area contributed by atoms with Crippen LogP contribution in [-0.4, -0.2) is 0 Å². The maximum atomic E-state index is 8.65. The number of nitriles is 1. The molecule has 0 atom stereocenters. The molecular formula is C13H7BrNO. The predicted octanol–water partition coefficient (Wildman–Crippen LogP) is 3.91. The van der Waals surface area contributed by atoms with Crippen LogP contribution in [-0.2, 0) is 0 Å². The summed E-state index contributed by atoms with van der Waals surface area (Å²) in [6.07, 6.45) is 0. The van der Waals surface area contributed by atoms with Crippen molar-refractivity contribution in [3.8, 4) is 17.6 Å². The zero-order chi connectivity index (χ0) is 11.4. The van der Waals surface area contributed by atoms with Gasteiger partial charge in [-0.15, -0.1) is 0 Å². The summed E-state index contributed by atoms with van der Waals surface area (Å²) in [7, 11) is 0. The topological polar surface area (TPSA) is 33.0 Å². The summed E-state index contributed by atoms with van der Waals surface area (Å²) in [4.78, 5) is 0. The molecule has 77 valence electrons. The summed E-state index contributed by atoms with van der Waals surface area (Å²) in [5, 5.41) is 8.65. The summed E-state index contributed by atoms with van der Waals surface area (Å²) in [6, 6.07) is 17.5. The molecule has 0 unspecified atom stereocenters. The molecule has 0 heterocycles. The molecule has 0 aliphatic carbocycles. The van der Waals surface area contributed by atoms with E-state index in [1.54, 1.807) is 30.3 Å². The summed E-state index contributed by atoms with van der Waals surface area (Å²) >= 11 is 3.30. The highest BCUT2D eigenvalue weighted by Crippen LogP contribution is 2.22. The fraction of sp³-hybridized carbons (Fsp3) is 0. The lowest BCUT2D eigenvalue weighted by molar-refractivity contribution is 0.482. The first-order chi connectivity index (χ1) is 7.78. The Morgan fingerprint density at radius 3 is 2.31 bits per heavy atom. The van der Waals surface area contributed by atoms with Gasteiger partial charge in [0.2, 0.25) is 0 Å². The van der Waals surface area contributed by atoms with E-state index < -0.39 is 0 Å². The van der Waals surface area contributed by atoms with Crippen LogP contribution in [0.15, 0.2) is 46.9 Å². The molecule has 0 amide bonds. The average Bonchev–Trinajstić information content (AvgIpc) is 2.33.